The molecule has 0 radical (unpaired) electrons. The van der Waals surface area contributed by atoms with E-state index in [2.05, 4.69) is 12.2 Å². The number of nitrogens with zero attached hydrogens (tertiary/aromatic N) is 1. The molecule has 1 aliphatic rings. The first-order chi connectivity index (χ1) is 7.66. The van der Waals surface area contributed by atoms with E-state index in [1.807, 2.05) is 11.9 Å². The molecule has 1 N–H and O–H groups in total. The molecule has 1 amide bonds. The fourth-order valence-electron chi connectivity index (χ4n) is 2.44. The molecule has 1 fully saturated rings. The van der Waals surface area contributed by atoms with Gasteiger partial charge in [-0.2, -0.15) is 0 Å². The largest absolute Gasteiger partial charge is 0.384 e. The number of ether oxygens (including phenoxy) is 1. The molecule has 1 aliphatic heterocycles. The highest BCUT2D eigenvalue weighted by Gasteiger charge is 2.41. The van der Waals surface area contributed by atoms with Crippen molar-refractivity contribution in [1.82, 2.24) is 10.2 Å². The third-order valence-electron chi connectivity index (χ3n) is 3.34. The van der Waals surface area contributed by atoms with Gasteiger partial charge >= 0.3 is 0 Å². The molecule has 0 bridgehead atoms. The van der Waals surface area contributed by atoms with Gasteiger partial charge in [-0.1, -0.05) is 6.92 Å². The predicted molar refractivity (Wildman–Crippen MR) is 64.3 cm³/mol. The van der Waals surface area contributed by atoms with Crippen molar-refractivity contribution in [3.8, 4) is 0 Å². The second-order valence-corrected chi connectivity index (χ2v) is 4.69. The lowest BCUT2D eigenvalue weighted by Gasteiger charge is -2.38. The Morgan fingerprint density at radius 3 is 2.56 bits per heavy atom. The Balaban J connectivity index is 2.71. The number of hydrogen-bond donors (Lipinski definition) is 1. The van der Waals surface area contributed by atoms with Gasteiger partial charge in [-0.3, -0.25) is 4.79 Å². The van der Waals surface area contributed by atoms with Crippen LogP contribution in [0.1, 0.15) is 26.2 Å². The van der Waals surface area contributed by atoms with Crippen molar-refractivity contribution in [2.24, 2.45) is 5.41 Å². The van der Waals surface area contributed by atoms with Crippen LogP contribution in [0.2, 0.25) is 0 Å². The normalized spacial score (nSPS) is 19.4. The minimum Gasteiger partial charge on any atom is -0.384 e. The zero-order chi connectivity index (χ0) is 12.0. The molecule has 1 saturated heterocycles. The third-order valence-corrected chi connectivity index (χ3v) is 3.34. The second kappa shape index (κ2) is 6.21. The zero-order valence-electron chi connectivity index (χ0n) is 10.7. The van der Waals surface area contributed by atoms with E-state index in [4.69, 9.17) is 4.74 Å². The van der Waals surface area contributed by atoms with Crippen molar-refractivity contribution in [1.29, 1.82) is 0 Å². The van der Waals surface area contributed by atoms with Crippen LogP contribution in [0.4, 0.5) is 0 Å². The van der Waals surface area contributed by atoms with Gasteiger partial charge < -0.3 is 15.0 Å². The molecule has 16 heavy (non-hydrogen) atoms. The number of hydrogen-bond acceptors (Lipinski definition) is 3. The van der Waals surface area contributed by atoms with Gasteiger partial charge in [0.1, 0.15) is 0 Å². The molecule has 1 rings (SSSR count). The molecule has 0 aliphatic carbocycles. The summed E-state index contributed by atoms with van der Waals surface area (Å²) >= 11 is 0. The fraction of sp³-hybridized carbons (Fsp3) is 0.917. The molecule has 0 aromatic carbocycles. The van der Waals surface area contributed by atoms with E-state index >= 15 is 0 Å². The number of carbonyl (C=O) groups excluding carboxylic acids is 1. The number of piperidine rings is 1. The van der Waals surface area contributed by atoms with E-state index in [0.717, 1.165) is 38.9 Å². The summed E-state index contributed by atoms with van der Waals surface area (Å²) in [7, 11) is 3.57. The summed E-state index contributed by atoms with van der Waals surface area (Å²) < 4.78 is 5.26. The standard InChI is InChI=1S/C12H24N2O2/c1-4-9-14(2)11(15)12(10-16-3)5-7-13-8-6-12/h13H,4-10H2,1-3H3. The summed E-state index contributed by atoms with van der Waals surface area (Å²) in [6.07, 6.45) is 2.77. The van der Waals surface area contributed by atoms with Gasteiger partial charge in [0.2, 0.25) is 5.91 Å². The van der Waals surface area contributed by atoms with Gasteiger partial charge in [-0.15, -0.1) is 0 Å². The summed E-state index contributed by atoms with van der Waals surface area (Å²) in [5, 5.41) is 3.30. The fourth-order valence-corrected chi connectivity index (χ4v) is 2.44. The summed E-state index contributed by atoms with van der Waals surface area (Å²) in [5.41, 5.74) is -0.288. The van der Waals surface area contributed by atoms with Crippen LogP contribution in [0.25, 0.3) is 0 Å². The number of amides is 1. The maximum atomic E-state index is 12.4. The molecule has 0 unspecified atom stereocenters. The molecule has 0 aromatic heterocycles. The lowest BCUT2D eigenvalue weighted by atomic mass is 9.78. The van der Waals surface area contributed by atoms with Crippen LogP contribution in [0.5, 0.6) is 0 Å². The van der Waals surface area contributed by atoms with E-state index in [9.17, 15) is 4.79 Å². The van der Waals surface area contributed by atoms with Gasteiger partial charge in [0.05, 0.1) is 12.0 Å². The SMILES string of the molecule is CCCN(C)C(=O)C1(COC)CCNCC1. The first-order valence-corrected chi connectivity index (χ1v) is 6.11. The first kappa shape index (κ1) is 13.5. The third kappa shape index (κ3) is 2.95. The summed E-state index contributed by atoms with van der Waals surface area (Å²) in [6, 6.07) is 0. The quantitative estimate of drug-likeness (QED) is 0.759. The topological polar surface area (TPSA) is 41.6 Å². The highest BCUT2D eigenvalue weighted by Crippen LogP contribution is 2.31. The van der Waals surface area contributed by atoms with Gasteiger partial charge in [-0.25, -0.2) is 0 Å². The average molecular weight is 228 g/mol. The Kier molecular flexibility index (Phi) is 5.22. The average Bonchev–Trinajstić information content (AvgIpc) is 2.30. The van der Waals surface area contributed by atoms with Gasteiger partial charge in [0, 0.05) is 20.7 Å². The predicted octanol–water partition coefficient (Wildman–Crippen LogP) is 0.871. The van der Waals surface area contributed by atoms with Crippen LogP contribution in [-0.4, -0.2) is 51.2 Å². The van der Waals surface area contributed by atoms with Crippen molar-refractivity contribution < 1.29 is 9.53 Å². The Hall–Kier alpha value is -0.610. The number of rotatable bonds is 5. The smallest absolute Gasteiger partial charge is 0.230 e. The van der Waals surface area contributed by atoms with Crippen molar-refractivity contribution in [2.75, 3.05) is 40.4 Å². The van der Waals surface area contributed by atoms with Crippen molar-refractivity contribution in [3.05, 3.63) is 0 Å². The van der Waals surface area contributed by atoms with Crippen LogP contribution >= 0.6 is 0 Å². The molecular weight excluding hydrogens is 204 g/mol. The summed E-state index contributed by atoms with van der Waals surface area (Å²) in [4.78, 5) is 14.3. The maximum absolute atomic E-state index is 12.4. The van der Waals surface area contributed by atoms with E-state index in [1.54, 1.807) is 7.11 Å². The minimum absolute atomic E-state index is 0.248. The monoisotopic (exact) mass is 228 g/mol. The van der Waals surface area contributed by atoms with Crippen LogP contribution < -0.4 is 5.32 Å². The van der Waals surface area contributed by atoms with Crippen LogP contribution in [-0.2, 0) is 9.53 Å². The Morgan fingerprint density at radius 1 is 1.44 bits per heavy atom. The van der Waals surface area contributed by atoms with Gasteiger partial charge in [-0.05, 0) is 32.4 Å². The Morgan fingerprint density at radius 2 is 2.06 bits per heavy atom. The molecule has 0 saturated carbocycles. The van der Waals surface area contributed by atoms with Crippen LogP contribution in [0.3, 0.4) is 0 Å². The molecule has 0 atom stereocenters. The molecule has 0 spiro atoms. The lowest BCUT2D eigenvalue weighted by Crippen LogP contribution is -2.50. The van der Waals surface area contributed by atoms with E-state index < -0.39 is 0 Å². The highest BCUT2D eigenvalue weighted by molar-refractivity contribution is 5.82. The molecule has 1 heterocycles. The zero-order valence-corrected chi connectivity index (χ0v) is 10.7. The molecule has 4 nitrogen and oxygen atoms in total. The Bertz CT molecular complexity index is 220. The number of methoxy groups -OCH3 is 1. The summed E-state index contributed by atoms with van der Waals surface area (Å²) in [5.74, 6) is 0.248. The first-order valence-electron chi connectivity index (χ1n) is 6.11. The lowest BCUT2D eigenvalue weighted by molar-refractivity contribution is -0.146. The Labute approximate surface area is 98.3 Å². The van der Waals surface area contributed by atoms with E-state index in [1.165, 1.54) is 0 Å². The van der Waals surface area contributed by atoms with Crippen molar-refractivity contribution >= 4 is 5.91 Å². The maximum Gasteiger partial charge on any atom is 0.230 e. The summed E-state index contributed by atoms with van der Waals surface area (Å²) in [6.45, 7) is 5.29. The second-order valence-electron chi connectivity index (χ2n) is 4.69. The van der Waals surface area contributed by atoms with Crippen LogP contribution in [0.15, 0.2) is 0 Å². The molecule has 94 valence electrons. The van der Waals surface area contributed by atoms with E-state index in [0.29, 0.717) is 6.61 Å². The van der Waals surface area contributed by atoms with Gasteiger partial charge in [0.25, 0.3) is 0 Å². The number of carbonyl (C=O) groups is 1. The van der Waals surface area contributed by atoms with E-state index in [-0.39, 0.29) is 11.3 Å². The minimum atomic E-state index is -0.288. The van der Waals surface area contributed by atoms with Gasteiger partial charge in [0.15, 0.2) is 0 Å². The molecular formula is C12H24N2O2. The van der Waals surface area contributed by atoms with Crippen molar-refractivity contribution in [3.63, 3.8) is 0 Å². The van der Waals surface area contributed by atoms with Crippen molar-refractivity contribution in [2.45, 2.75) is 26.2 Å². The highest BCUT2D eigenvalue weighted by atomic mass is 16.5. The molecule has 4 heteroatoms. The number of nitrogens with one attached hydrogen (secondary N) is 1. The van der Waals surface area contributed by atoms with Crippen LogP contribution in [0, 0.1) is 5.41 Å². The molecule has 0 aromatic rings.